The number of hydrazine groups is 1. The molecule has 0 aliphatic carbocycles. The minimum absolute atomic E-state index is 0.196. The fourth-order valence-electron chi connectivity index (χ4n) is 2.81. The van der Waals surface area contributed by atoms with Gasteiger partial charge in [0.15, 0.2) is 0 Å². The van der Waals surface area contributed by atoms with Crippen LogP contribution in [0, 0.1) is 13.8 Å². The van der Waals surface area contributed by atoms with Gasteiger partial charge < -0.3 is 4.98 Å². The molecule has 0 atom stereocenters. The van der Waals surface area contributed by atoms with E-state index in [0.717, 1.165) is 27.9 Å². The lowest BCUT2D eigenvalue weighted by Crippen LogP contribution is -2.42. The van der Waals surface area contributed by atoms with Crippen LogP contribution < -0.4 is 10.9 Å². The summed E-state index contributed by atoms with van der Waals surface area (Å²) >= 11 is 0. The predicted octanol–water partition coefficient (Wildman–Crippen LogP) is 1.76. The van der Waals surface area contributed by atoms with Gasteiger partial charge in [-0.15, -0.1) is 0 Å². The smallest absolute Gasteiger partial charge is 0.242 e. The minimum atomic E-state index is -0.260. The summed E-state index contributed by atoms with van der Waals surface area (Å²) in [6.07, 6.45) is 2.26. The molecule has 2 amide bonds. The number of carbonyl (C=O) groups is 2. The van der Waals surface area contributed by atoms with Crippen molar-refractivity contribution < 1.29 is 9.59 Å². The quantitative estimate of drug-likeness (QED) is 0.619. The highest BCUT2D eigenvalue weighted by molar-refractivity contribution is 5.89. The first-order valence-electron chi connectivity index (χ1n) is 8.16. The number of aromatic amines is 1. The summed E-state index contributed by atoms with van der Waals surface area (Å²) in [7, 11) is 0. The number of hydrogen-bond acceptors (Lipinski definition) is 3. The van der Waals surface area contributed by atoms with Crippen LogP contribution in [0.15, 0.2) is 36.5 Å². The molecule has 2 heterocycles. The van der Waals surface area contributed by atoms with Crippen LogP contribution in [0.2, 0.25) is 0 Å². The molecule has 0 aliphatic rings. The van der Waals surface area contributed by atoms with Crippen molar-refractivity contribution in [3.05, 3.63) is 53.5 Å². The molecule has 0 unspecified atom stereocenters. The summed E-state index contributed by atoms with van der Waals surface area (Å²) in [5, 5.41) is 5.31. The molecule has 3 rings (SSSR count). The summed E-state index contributed by atoms with van der Waals surface area (Å²) < 4.78 is 1.78. The fourth-order valence-corrected chi connectivity index (χ4v) is 2.81. The van der Waals surface area contributed by atoms with Gasteiger partial charge in [-0.25, -0.2) is 0 Å². The lowest BCUT2D eigenvalue weighted by atomic mass is 10.1. The SMILES string of the molecule is Cc1cc(C)n(CCC(=O)NNC(=O)Cc2c[nH]c3ccccc23)n1. The number of amides is 2. The van der Waals surface area contributed by atoms with E-state index < -0.39 is 0 Å². The number of aryl methyl sites for hydroxylation is 3. The molecule has 0 radical (unpaired) electrons. The Bertz CT molecular complexity index is 909. The first-order valence-corrected chi connectivity index (χ1v) is 8.16. The number of hydrogen-bond donors (Lipinski definition) is 3. The number of nitrogens with zero attached hydrogens (tertiary/aromatic N) is 2. The highest BCUT2D eigenvalue weighted by atomic mass is 16.2. The average molecular weight is 339 g/mol. The van der Waals surface area contributed by atoms with E-state index in [1.807, 2.05) is 50.4 Å². The summed E-state index contributed by atoms with van der Waals surface area (Å²) in [4.78, 5) is 27.0. The van der Waals surface area contributed by atoms with Gasteiger partial charge in [0.2, 0.25) is 11.8 Å². The third-order valence-corrected chi connectivity index (χ3v) is 4.02. The van der Waals surface area contributed by atoms with E-state index in [1.165, 1.54) is 0 Å². The number of rotatable bonds is 5. The first-order chi connectivity index (χ1) is 12.0. The number of fused-ring (bicyclic) bond motifs is 1. The number of carbonyl (C=O) groups excluding carboxylic acids is 2. The molecule has 130 valence electrons. The number of aromatic nitrogens is 3. The number of para-hydroxylation sites is 1. The van der Waals surface area contributed by atoms with Crippen molar-refractivity contribution in [2.75, 3.05) is 0 Å². The summed E-state index contributed by atoms with van der Waals surface area (Å²) in [5.74, 6) is -0.510. The summed E-state index contributed by atoms with van der Waals surface area (Å²) in [6, 6.07) is 9.74. The van der Waals surface area contributed by atoms with Gasteiger partial charge in [0.25, 0.3) is 0 Å². The lowest BCUT2D eigenvalue weighted by Gasteiger charge is -2.08. The van der Waals surface area contributed by atoms with Crippen LogP contribution >= 0.6 is 0 Å². The van der Waals surface area contributed by atoms with Crippen molar-refractivity contribution in [2.24, 2.45) is 0 Å². The standard InChI is InChI=1S/C18H21N5O2/c1-12-9-13(2)23(22-12)8-7-17(24)20-21-18(25)10-14-11-19-16-6-4-3-5-15(14)16/h3-6,9,11,19H,7-8,10H2,1-2H3,(H,20,24)(H,21,25). The van der Waals surface area contributed by atoms with E-state index in [2.05, 4.69) is 20.9 Å². The zero-order chi connectivity index (χ0) is 17.8. The van der Waals surface area contributed by atoms with Crippen molar-refractivity contribution in [2.45, 2.75) is 33.2 Å². The van der Waals surface area contributed by atoms with Crippen LogP contribution in [0.4, 0.5) is 0 Å². The number of H-pyrrole nitrogens is 1. The Morgan fingerprint density at radius 2 is 1.92 bits per heavy atom. The van der Waals surface area contributed by atoms with Crippen LogP contribution in [0.1, 0.15) is 23.4 Å². The van der Waals surface area contributed by atoms with E-state index in [-0.39, 0.29) is 24.7 Å². The Hall–Kier alpha value is -3.09. The Labute approximate surface area is 145 Å². The highest BCUT2D eigenvalue weighted by Crippen LogP contribution is 2.17. The maximum Gasteiger partial charge on any atom is 0.242 e. The second-order valence-corrected chi connectivity index (χ2v) is 6.03. The molecule has 0 aliphatic heterocycles. The molecule has 1 aromatic carbocycles. The highest BCUT2D eigenvalue weighted by Gasteiger charge is 2.10. The van der Waals surface area contributed by atoms with Gasteiger partial charge in [0.05, 0.1) is 18.7 Å². The van der Waals surface area contributed by atoms with Crippen LogP contribution in [-0.4, -0.2) is 26.6 Å². The normalized spacial score (nSPS) is 10.8. The summed E-state index contributed by atoms with van der Waals surface area (Å²) in [6.45, 7) is 4.33. The second kappa shape index (κ2) is 7.21. The number of nitrogens with one attached hydrogen (secondary N) is 3. The van der Waals surface area contributed by atoms with Gasteiger partial charge in [-0.05, 0) is 31.5 Å². The number of benzene rings is 1. The van der Waals surface area contributed by atoms with Gasteiger partial charge in [0, 0.05) is 29.2 Å². The largest absolute Gasteiger partial charge is 0.361 e. The van der Waals surface area contributed by atoms with Crippen molar-refractivity contribution in [1.82, 2.24) is 25.6 Å². The molecule has 7 heteroatoms. The first kappa shape index (κ1) is 16.8. The average Bonchev–Trinajstić information content (AvgIpc) is 3.14. The lowest BCUT2D eigenvalue weighted by molar-refractivity contribution is -0.128. The van der Waals surface area contributed by atoms with Crippen LogP contribution in [0.5, 0.6) is 0 Å². The maximum absolute atomic E-state index is 12.0. The van der Waals surface area contributed by atoms with Crippen molar-refractivity contribution >= 4 is 22.7 Å². The predicted molar refractivity (Wildman–Crippen MR) is 94.6 cm³/mol. The maximum atomic E-state index is 12.0. The van der Waals surface area contributed by atoms with Gasteiger partial charge in [-0.3, -0.25) is 25.1 Å². The molecular weight excluding hydrogens is 318 g/mol. The zero-order valence-corrected chi connectivity index (χ0v) is 14.3. The Kier molecular flexibility index (Phi) is 4.83. The molecule has 0 saturated heterocycles. The molecule has 0 saturated carbocycles. The van der Waals surface area contributed by atoms with Crippen molar-refractivity contribution in [1.29, 1.82) is 0 Å². The third-order valence-electron chi connectivity index (χ3n) is 4.02. The van der Waals surface area contributed by atoms with E-state index in [0.29, 0.717) is 6.54 Å². The van der Waals surface area contributed by atoms with Gasteiger partial charge in [0.1, 0.15) is 0 Å². The Morgan fingerprint density at radius 1 is 1.16 bits per heavy atom. The van der Waals surface area contributed by atoms with E-state index >= 15 is 0 Å². The Balaban J connectivity index is 1.47. The van der Waals surface area contributed by atoms with Crippen LogP contribution in [0.25, 0.3) is 10.9 Å². The second-order valence-electron chi connectivity index (χ2n) is 6.03. The monoisotopic (exact) mass is 339 g/mol. The van der Waals surface area contributed by atoms with Gasteiger partial charge in [-0.2, -0.15) is 5.10 Å². The molecule has 3 N–H and O–H groups in total. The van der Waals surface area contributed by atoms with E-state index in [4.69, 9.17) is 0 Å². The molecule has 0 spiro atoms. The zero-order valence-electron chi connectivity index (χ0n) is 14.3. The fraction of sp³-hybridized carbons (Fsp3) is 0.278. The molecule has 2 aromatic heterocycles. The van der Waals surface area contributed by atoms with Gasteiger partial charge >= 0.3 is 0 Å². The molecule has 0 bridgehead atoms. The molecule has 0 fully saturated rings. The minimum Gasteiger partial charge on any atom is -0.361 e. The third kappa shape index (κ3) is 4.06. The van der Waals surface area contributed by atoms with E-state index in [9.17, 15) is 9.59 Å². The van der Waals surface area contributed by atoms with E-state index in [1.54, 1.807) is 4.68 Å². The molecular formula is C18H21N5O2. The van der Waals surface area contributed by atoms with Gasteiger partial charge in [-0.1, -0.05) is 18.2 Å². The molecule has 25 heavy (non-hydrogen) atoms. The summed E-state index contributed by atoms with van der Waals surface area (Å²) in [5.41, 5.74) is 8.72. The topological polar surface area (TPSA) is 91.8 Å². The van der Waals surface area contributed by atoms with Crippen molar-refractivity contribution in [3.63, 3.8) is 0 Å². The Morgan fingerprint density at radius 3 is 2.68 bits per heavy atom. The van der Waals surface area contributed by atoms with Crippen LogP contribution in [0.3, 0.4) is 0 Å². The molecule has 7 nitrogen and oxygen atoms in total. The van der Waals surface area contributed by atoms with Crippen molar-refractivity contribution in [3.8, 4) is 0 Å². The van der Waals surface area contributed by atoms with Crippen LogP contribution in [-0.2, 0) is 22.6 Å². The molecule has 3 aromatic rings.